The van der Waals surface area contributed by atoms with Gasteiger partial charge in [-0.1, -0.05) is 18.2 Å². The monoisotopic (exact) mass is 337 g/mol. The van der Waals surface area contributed by atoms with Crippen molar-refractivity contribution in [3.8, 4) is 0 Å². The maximum atomic E-state index is 5.42. The molecule has 0 spiro atoms. The molecule has 0 saturated heterocycles. The van der Waals surface area contributed by atoms with E-state index in [-0.39, 0.29) is 34.1 Å². The molecule has 0 aliphatic rings. The van der Waals surface area contributed by atoms with Gasteiger partial charge in [-0.05, 0) is 6.07 Å². The Bertz CT molecular complexity index is 413. The number of hydrogen-bond acceptors (Lipinski definition) is 2. The van der Waals surface area contributed by atoms with Gasteiger partial charge >= 0.3 is 21.7 Å². The fraction of sp³-hybridized carbons (Fsp3) is 0. The van der Waals surface area contributed by atoms with Gasteiger partial charge in [0.2, 0.25) is 0 Å². The molecule has 4 heteroatoms. The summed E-state index contributed by atoms with van der Waals surface area (Å²) in [6.07, 6.45) is 0. The molecule has 3 rings (SSSR count). The zero-order valence-corrected chi connectivity index (χ0v) is 14.1. The Hall–Kier alpha value is -1.06. The molecular weight excluding hydrogens is 322 g/mol. The normalized spacial score (nSPS) is 7.60. The first-order valence-corrected chi connectivity index (χ1v) is 6.06. The summed E-state index contributed by atoms with van der Waals surface area (Å²) in [7, 11) is 0. The van der Waals surface area contributed by atoms with Crippen molar-refractivity contribution in [1.82, 2.24) is 0 Å². The molecule has 0 aliphatic heterocycles. The molecule has 0 unspecified atom stereocenters. The molecule has 20 heavy (non-hydrogen) atoms. The average Bonchev–Trinajstić information content (AvgIpc) is 3.11. The van der Waals surface area contributed by atoms with Gasteiger partial charge in [-0.15, -0.1) is 0 Å². The Morgan fingerprint density at radius 1 is 0.750 bits per heavy atom. The van der Waals surface area contributed by atoms with E-state index < -0.39 is 0 Å². The van der Waals surface area contributed by atoms with E-state index in [9.17, 15) is 0 Å². The number of rotatable bonds is 0. The standard InChI is InChI=1S/C6H7NS.2C5H5.ClH.Ti/c7-5-3-1-2-4-6(5)8;2*1-2-4-5-3-1;;/h1-4,8H,7H2;2*1-5H;1H;/q;2*-1;;+4/p-2. The number of hydrogen-bond donors (Lipinski definition) is 1. The van der Waals surface area contributed by atoms with E-state index in [1.54, 1.807) is 6.07 Å². The molecule has 0 atom stereocenters. The second-order valence-corrected chi connectivity index (χ2v) is 3.90. The molecule has 3 aromatic carbocycles. The second-order valence-electron chi connectivity index (χ2n) is 3.46. The van der Waals surface area contributed by atoms with Gasteiger partial charge < -0.3 is 30.8 Å². The molecular formula is C16H16ClNSTi. The van der Waals surface area contributed by atoms with Crippen LogP contribution in [0, 0.1) is 0 Å². The average molecular weight is 338 g/mol. The Morgan fingerprint density at radius 3 is 1.35 bits per heavy atom. The maximum absolute atomic E-state index is 5.42. The molecule has 1 nitrogen and oxygen atoms in total. The van der Waals surface area contributed by atoms with Gasteiger partial charge in [-0.25, -0.2) is 24.3 Å². The van der Waals surface area contributed by atoms with E-state index in [1.165, 1.54) is 0 Å². The third-order valence-electron chi connectivity index (χ3n) is 2.03. The minimum atomic E-state index is 0. The number of benzene rings is 1. The third-order valence-corrected chi connectivity index (χ3v) is 2.40. The summed E-state index contributed by atoms with van der Waals surface area (Å²) in [5.74, 6) is 0. The predicted octanol–water partition coefficient (Wildman–Crippen LogP) is 0.987. The fourth-order valence-corrected chi connectivity index (χ4v) is 1.27. The van der Waals surface area contributed by atoms with Gasteiger partial charge in [0, 0.05) is 5.69 Å². The Balaban J connectivity index is 0. The molecule has 0 saturated carbocycles. The Morgan fingerprint density at radius 2 is 1.15 bits per heavy atom. The van der Waals surface area contributed by atoms with Crippen molar-refractivity contribution < 1.29 is 34.1 Å². The van der Waals surface area contributed by atoms with Crippen molar-refractivity contribution in [2.75, 3.05) is 5.73 Å². The predicted molar refractivity (Wildman–Crippen MR) is 80.6 cm³/mol. The molecule has 102 valence electrons. The number of nitrogens with two attached hydrogens (primary N) is 1. The van der Waals surface area contributed by atoms with E-state index in [4.69, 9.17) is 18.4 Å². The van der Waals surface area contributed by atoms with Gasteiger partial charge in [0.15, 0.2) is 0 Å². The van der Waals surface area contributed by atoms with Crippen LogP contribution >= 0.6 is 0 Å². The minimum absolute atomic E-state index is 0. The first kappa shape index (κ1) is 21.2. The molecule has 0 bridgehead atoms. The summed E-state index contributed by atoms with van der Waals surface area (Å²) in [4.78, 5) is 0.729. The zero-order valence-electron chi connectivity index (χ0n) is 10.9. The van der Waals surface area contributed by atoms with E-state index in [2.05, 4.69) is 0 Å². The summed E-state index contributed by atoms with van der Waals surface area (Å²) in [6, 6.07) is 27.3. The van der Waals surface area contributed by atoms with Gasteiger partial charge in [0.05, 0.1) is 0 Å². The van der Waals surface area contributed by atoms with E-state index in [0.717, 1.165) is 4.90 Å². The topological polar surface area (TPSA) is 26.0 Å². The molecule has 3 aromatic rings. The quantitative estimate of drug-likeness (QED) is 0.286. The van der Waals surface area contributed by atoms with Crippen molar-refractivity contribution in [2.24, 2.45) is 0 Å². The van der Waals surface area contributed by atoms with E-state index in [1.807, 2.05) is 78.9 Å². The number of para-hydroxylation sites is 1. The minimum Gasteiger partial charge on any atom is -1.00 e. The smallest absolute Gasteiger partial charge is 1.00 e. The molecule has 2 N–H and O–H groups in total. The summed E-state index contributed by atoms with van der Waals surface area (Å²) >= 11 is 4.83. The van der Waals surface area contributed by atoms with Crippen LogP contribution < -0.4 is 18.1 Å². The van der Waals surface area contributed by atoms with Crippen LogP contribution in [-0.4, -0.2) is 0 Å². The van der Waals surface area contributed by atoms with Gasteiger partial charge in [-0.2, -0.15) is 41.3 Å². The van der Waals surface area contributed by atoms with E-state index >= 15 is 0 Å². The maximum Gasteiger partial charge on any atom is 4.00 e. The third kappa shape index (κ3) is 10.8. The molecule has 0 fully saturated rings. The summed E-state index contributed by atoms with van der Waals surface area (Å²) in [6.45, 7) is 0. The molecule has 0 aromatic heterocycles. The zero-order chi connectivity index (χ0) is 13.1. The van der Waals surface area contributed by atoms with Crippen LogP contribution in [-0.2, 0) is 34.3 Å². The largest absolute Gasteiger partial charge is 4.00 e. The van der Waals surface area contributed by atoms with Crippen molar-refractivity contribution >= 4 is 18.3 Å². The molecule has 0 aliphatic carbocycles. The first-order chi connectivity index (χ1) is 8.80. The Labute approximate surface area is 147 Å². The van der Waals surface area contributed by atoms with Crippen LogP contribution in [0.5, 0.6) is 0 Å². The van der Waals surface area contributed by atoms with Gasteiger partial charge in [-0.3, -0.25) is 0 Å². The van der Waals surface area contributed by atoms with Crippen LogP contribution in [0.15, 0.2) is 89.8 Å². The molecule has 0 radical (unpaired) electrons. The van der Waals surface area contributed by atoms with Crippen LogP contribution in [0.3, 0.4) is 0 Å². The Kier molecular flexibility index (Phi) is 15.3. The van der Waals surface area contributed by atoms with Gasteiger partial charge in [0.1, 0.15) is 0 Å². The van der Waals surface area contributed by atoms with Gasteiger partial charge in [0.25, 0.3) is 0 Å². The van der Waals surface area contributed by atoms with Crippen LogP contribution in [0.1, 0.15) is 0 Å². The SMILES string of the molecule is Nc1ccccc1[S-].[Cl-].[Ti+4].c1cc[cH-]c1.c1cc[cH-]c1. The summed E-state index contributed by atoms with van der Waals surface area (Å²) in [5, 5.41) is 0. The van der Waals surface area contributed by atoms with Crippen LogP contribution in [0.25, 0.3) is 0 Å². The molecule has 0 amide bonds. The van der Waals surface area contributed by atoms with Crippen molar-refractivity contribution in [1.29, 1.82) is 0 Å². The molecule has 0 heterocycles. The van der Waals surface area contributed by atoms with Crippen molar-refractivity contribution in [3.63, 3.8) is 0 Å². The van der Waals surface area contributed by atoms with Crippen molar-refractivity contribution in [3.05, 3.63) is 84.9 Å². The number of anilines is 1. The first-order valence-electron chi connectivity index (χ1n) is 5.65. The second kappa shape index (κ2) is 14.4. The number of nitrogen functional groups attached to an aromatic ring is 1. The van der Waals surface area contributed by atoms with Crippen molar-refractivity contribution in [2.45, 2.75) is 4.90 Å². The fourth-order valence-electron chi connectivity index (χ4n) is 1.12. The summed E-state index contributed by atoms with van der Waals surface area (Å²) in [5.41, 5.74) is 6.10. The number of halogens is 1. The van der Waals surface area contributed by atoms with Crippen LogP contribution in [0.2, 0.25) is 0 Å². The summed E-state index contributed by atoms with van der Waals surface area (Å²) < 4.78 is 0. The van der Waals surface area contributed by atoms with E-state index in [0.29, 0.717) is 5.69 Å². The van der Waals surface area contributed by atoms with Crippen LogP contribution in [0.4, 0.5) is 5.69 Å².